The predicted molar refractivity (Wildman–Crippen MR) is 167 cm³/mol. The molecule has 0 radical (unpaired) electrons. The molecule has 1 aliphatic heterocycles. The minimum atomic E-state index is -4.63. The lowest BCUT2D eigenvalue weighted by atomic mass is 9.96. The number of hydrogen-bond donors (Lipinski definition) is 2. The molecule has 1 aliphatic rings. The van der Waals surface area contributed by atoms with E-state index in [0.717, 1.165) is 33.7 Å². The van der Waals surface area contributed by atoms with Crippen molar-refractivity contribution in [2.75, 3.05) is 32.1 Å². The molecule has 4 aromatic rings. The lowest BCUT2D eigenvalue weighted by Gasteiger charge is -2.35. The van der Waals surface area contributed by atoms with Crippen molar-refractivity contribution in [2.24, 2.45) is 13.0 Å². The van der Waals surface area contributed by atoms with Crippen molar-refractivity contribution in [2.45, 2.75) is 38.8 Å². The Morgan fingerprint density at radius 1 is 1.09 bits per heavy atom. The van der Waals surface area contributed by atoms with Gasteiger partial charge in [0.15, 0.2) is 0 Å². The Morgan fingerprint density at radius 2 is 1.76 bits per heavy atom. The number of halogens is 3. The third-order valence-corrected chi connectivity index (χ3v) is 8.50. The molecule has 11 heteroatoms. The van der Waals surface area contributed by atoms with Crippen LogP contribution in [0.3, 0.4) is 0 Å². The van der Waals surface area contributed by atoms with E-state index in [-0.39, 0.29) is 43.8 Å². The Labute approximate surface area is 260 Å². The van der Waals surface area contributed by atoms with Crippen molar-refractivity contribution in [3.8, 4) is 11.1 Å². The van der Waals surface area contributed by atoms with Crippen LogP contribution in [0.15, 0.2) is 72.8 Å². The third kappa shape index (κ3) is 6.41. The Bertz CT molecular complexity index is 1700. The monoisotopic (exact) mass is 622 g/mol. The number of carbonyl (C=O) groups is 2. The lowest BCUT2D eigenvalue weighted by molar-refractivity contribution is -0.136. The predicted octanol–water partition coefficient (Wildman–Crippen LogP) is 6.39. The van der Waals surface area contributed by atoms with E-state index in [1.54, 1.807) is 11.8 Å². The van der Waals surface area contributed by atoms with Crippen molar-refractivity contribution in [3.05, 3.63) is 89.6 Å². The van der Waals surface area contributed by atoms with Gasteiger partial charge in [0.2, 0.25) is 0 Å². The van der Waals surface area contributed by atoms with Crippen LogP contribution >= 0.6 is 0 Å². The summed E-state index contributed by atoms with van der Waals surface area (Å²) < 4.78 is 49.0. The number of alkyl halides is 3. The fraction of sp³-hybridized carbons (Fsp3) is 0.353. The number of rotatable bonds is 5. The molecule has 0 fully saturated rings. The van der Waals surface area contributed by atoms with Crippen LogP contribution in [0.1, 0.15) is 35.5 Å². The fourth-order valence-electron chi connectivity index (χ4n) is 5.93. The average molecular weight is 623 g/mol. The summed E-state index contributed by atoms with van der Waals surface area (Å²) in [5.41, 5.74) is 2.55. The molecule has 0 bridgehead atoms. The second kappa shape index (κ2) is 12.9. The number of aryl methyl sites for hydroxylation is 1. The molecule has 3 amide bonds. The van der Waals surface area contributed by atoms with Gasteiger partial charge in [-0.25, -0.2) is 4.79 Å². The average Bonchev–Trinajstić information content (AvgIpc) is 3.31. The molecule has 0 saturated carbocycles. The maximum absolute atomic E-state index is 14.5. The number of aliphatic hydroxyl groups is 1. The summed E-state index contributed by atoms with van der Waals surface area (Å²) in [6.07, 6.45) is -5.24. The largest absolute Gasteiger partial charge is 0.418 e. The summed E-state index contributed by atoms with van der Waals surface area (Å²) in [5.74, 6) is -0.577. The molecule has 0 unspecified atom stereocenters. The van der Waals surface area contributed by atoms with E-state index in [4.69, 9.17) is 4.74 Å². The molecule has 2 heterocycles. The number of nitrogens with zero attached hydrogens (tertiary/aromatic N) is 3. The number of aromatic nitrogens is 1. The second-order valence-electron chi connectivity index (χ2n) is 11.6. The summed E-state index contributed by atoms with van der Waals surface area (Å²) in [6, 6.07) is 19.0. The van der Waals surface area contributed by atoms with Crippen molar-refractivity contribution in [1.82, 2.24) is 14.4 Å². The zero-order valence-corrected chi connectivity index (χ0v) is 25.6. The highest BCUT2D eigenvalue weighted by molar-refractivity contribution is 6.10. The Balaban J connectivity index is 1.51. The van der Waals surface area contributed by atoms with Crippen LogP contribution in [0, 0.1) is 5.92 Å². The highest BCUT2D eigenvalue weighted by atomic mass is 19.4. The van der Waals surface area contributed by atoms with Crippen LogP contribution in [-0.4, -0.2) is 70.3 Å². The molecule has 3 atom stereocenters. The number of amides is 3. The van der Waals surface area contributed by atoms with Crippen LogP contribution < -0.4 is 5.32 Å². The normalized spacial score (nSPS) is 18.1. The standard InChI is InChI=1S/C34H37F3N4O4/c1-21-17-41(22(2)19-42)32(43)31-30(25-13-7-10-16-28(25)40(31)4)24-12-6-5-11-23(24)20-45-29(21)18-39(3)33(44)38-27-15-9-8-14-26(27)34(35,36)37/h5-16,21-22,29,42H,17-20H2,1-4H3,(H,38,44)/t21-,22-,29-/m0/s1. The van der Waals surface area contributed by atoms with E-state index in [9.17, 15) is 27.9 Å². The molecule has 0 saturated heterocycles. The van der Waals surface area contributed by atoms with Crippen LogP contribution in [0.25, 0.3) is 22.0 Å². The first-order valence-electron chi connectivity index (χ1n) is 14.8. The minimum absolute atomic E-state index is 0.0365. The van der Waals surface area contributed by atoms with Gasteiger partial charge in [0.05, 0.1) is 36.6 Å². The van der Waals surface area contributed by atoms with E-state index in [1.807, 2.05) is 67.1 Å². The zero-order chi connectivity index (χ0) is 32.5. The summed E-state index contributed by atoms with van der Waals surface area (Å²) in [7, 11) is 3.35. The highest BCUT2D eigenvalue weighted by Crippen LogP contribution is 2.39. The Hall–Kier alpha value is -4.35. The van der Waals surface area contributed by atoms with Crippen molar-refractivity contribution in [1.29, 1.82) is 0 Å². The number of anilines is 1. The van der Waals surface area contributed by atoms with Gasteiger partial charge in [-0.3, -0.25) is 4.79 Å². The smallest absolute Gasteiger partial charge is 0.394 e. The third-order valence-electron chi connectivity index (χ3n) is 8.50. The molecule has 238 valence electrons. The number of fused-ring (bicyclic) bond motifs is 5. The van der Waals surface area contributed by atoms with Crippen LogP contribution in [0.4, 0.5) is 23.7 Å². The second-order valence-corrected chi connectivity index (χ2v) is 11.6. The van der Waals surface area contributed by atoms with Gasteiger partial charge in [0, 0.05) is 49.6 Å². The van der Waals surface area contributed by atoms with Gasteiger partial charge in [-0.05, 0) is 36.2 Å². The van der Waals surface area contributed by atoms with Gasteiger partial charge in [-0.15, -0.1) is 0 Å². The molecule has 2 N–H and O–H groups in total. The number of hydrogen-bond acceptors (Lipinski definition) is 4. The first kappa shape index (κ1) is 32.1. The number of nitrogens with one attached hydrogen (secondary N) is 1. The molecular weight excluding hydrogens is 585 g/mol. The number of carbonyl (C=O) groups excluding carboxylic acids is 2. The van der Waals surface area contributed by atoms with Crippen molar-refractivity contribution in [3.63, 3.8) is 0 Å². The number of likely N-dealkylation sites (N-methyl/N-ethyl adjacent to an activating group) is 1. The molecule has 0 spiro atoms. The molecule has 0 aliphatic carbocycles. The highest BCUT2D eigenvalue weighted by Gasteiger charge is 2.36. The Kier molecular flexibility index (Phi) is 9.22. The van der Waals surface area contributed by atoms with Gasteiger partial charge >= 0.3 is 12.2 Å². The maximum atomic E-state index is 14.5. The first-order chi connectivity index (χ1) is 21.4. The number of ether oxygens (including phenoxy) is 1. The van der Waals surface area contributed by atoms with Crippen LogP contribution in [-0.2, 0) is 24.6 Å². The quantitative estimate of drug-likeness (QED) is 0.270. The van der Waals surface area contributed by atoms with Gasteiger partial charge in [0.25, 0.3) is 5.91 Å². The number of aliphatic hydroxyl groups excluding tert-OH is 1. The van der Waals surface area contributed by atoms with Crippen LogP contribution in [0.2, 0.25) is 0 Å². The molecule has 8 nitrogen and oxygen atoms in total. The summed E-state index contributed by atoms with van der Waals surface area (Å²) in [6.45, 7) is 3.81. The molecule has 1 aromatic heterocycles. The van der Waals surface area contributed by atoms with E-state index < -0.39 is 29.9 Å². The van der Waals surface area contributed by atoms with Gasteiger partial charge in [0.1, 0.15) is 5.69 Å². The van der Waals surface area contributed by atoms with Crippen molar-refractivity contribution < 1.29 is 32.6 Å². The topological polar surface area (TPSA) is 87.0 Å². The maximum Gasteiger partial charge on any atom is 0.418 e. The van der Waals surface area contributed by atoms with Gasteiger partial charge < -0.3 is 29.5 Å². The summed E-state index contributed by atoms with van der Waals surface area (Å²) in [5, 5.41) is 13.5. The van der Waals surface area contributed by atoms with E-state index in [0.29, 0.717) is 5.69 Å². The Morgan fingerprint density at radius 3 is 2.49 bits per heavy atom. The molecule has 45 heavy (non-hydrogen) atoms. The number of para-hydroxylation sites is 2. The summed E-state index contributed by atoms with van der Waals surface area (Å²) >= 11 is 0. The first-order valence-corrected chi connectivity index (χ1v) is 14.8. The summed E-state index contributed by atoms with van der Waals surface area (Å²) in [4.78, 5) is 30.5. The SMILES string of the molecule is C[C@H]1CN([C@@H](C)CO)C(=O)c2c(c3ccccc3n2C)-c2ccccc2CO[C@H]1CN(C)C(=O)Nc1ccccc1C(F)(F)F. The van der Waals surface area contributed by atoms with Crippen molar-refractivity contribution >= 4 is 28.5 Å². The molecular formula is C34H37F3N4O4. The fourth-order valence-corrected chi connectivity index (χ4v) is 5.93. The zero-order valence-electron chi connectivity index (χ0n) is 25.6. The van der Waals surface area contributed by atoms with E-state index in [1.165, 1.54) is 30.1 Å². The number of benzene rings is 3. The van der Waals surface area contributed by atoms with Gasteiger partial charge in [-0.2, -0.15) is 13.2 Å². The lowest BCUT2D eigenvalue weighted by Crippen LogP contribution is -2.48. The minimum Gasteiger partial charge on any atom is -0.394 e. The van der Waals surface area contributed by atoms with Crippen LogP contribution in [0.5, 0.6) is 0 Å². The molecule has 3 aromatic carbocycles. The number of urea groups is 1. The van der Waals surface area contributed by atoms with E-state index in [2.05, 4.69) is 5.32 Å². The molecule has 5 rings (SSSR count). The van der Waals surface area contributed by atoms with Gasteiger partial charge in [-0.1, -0.05) is 61.5 Å². The van der Waals surface area contributed by atoms with E-state index >= 15 is 0 Å².